The quantitative estimate of drug-likeness (QED) is 0.622. The third-order valence-corrected chi connectivity index (χ3v) is 5.39. The fourth-order valence-electron chi connectivity index (χ4n) is 3.04. The van der Waals surface area contributed by atoms with Crippen molar-refractivity contribution < 1.29 is 9.53 Å². The van der Waals surface area contributed by atoms with Gasteiger partial charge in [-0.3, -0.25) is 4.79 Å². The predicted molar refractivity (Wildman–Crippen MR) is 110 cm³/mol. The van der Waals surface area contributed by atoms with Gasteiger partial charge < -0.3 is 10.1 Å². The first kappa shape index (κ1) is 18.8. The lowest BCUT2D eigenvalue weighted by Gasteiger charge is -2.11. The lowest BCUT2D eigenvalue weighted by Crippen LogP contribution is -2.31. The van der Waals surface area contributed by atoms with Crippen molar-refractivity contribution in [1.82, 2.24) is 9.97 Å². The fraction of sp³-hybridized carbons (Fsp3) is 0.190. The van der Waals surface area contributed by atoms with Crippen LogP contribution in [0.2, 0.25) is 5.02 Å². The molecule has 3 aromatic rings. The number of anilines is 1. The Morgan fingerprint density at radius 1 is 1.11 bits per heavy atom. The van der Waals surface area contributed by atoms with Crippen LogP contribution in [0.1, 0.15) is 17.0 Å². The Balaban J connectivity index is 1.39. The summed E-state index contributed by atoms with van der Waals surface area (Å²) in [7, 11) is 0. The van der Waals surface area contributed by atoms with Crippen LogP contribution in [-0.4, -0.2) is 22.0 Å². The van der Waals surface area contributed by atoms with Crippen molar-refractivity contribution in [1.29, 1.82) is 0 Å². The van der Waals surface area contributed by atoms with Crippen molar-refractivity contribution in [3.63, 3.8) is 0 Å². The van der Waals surface area contributed by atoms with Crippen molar-refractivity contribution >= 4 is 35.0 Å². The molecule has 2 heterocycles. The monoisotopic (exact) mass is 411 g/mol. The maximum Gasteiger partial charge on any atom is 0.265 e. The summed E-state index contributed by atoms with van der Waals surface area (Å²) in [5.74, 6) is 0.537. The molecule has 1 amide bonds. The summed E-state index contributed by atoms with van der Waals surface area (Å²) < 4.78 is 5.73. The van der Waals surface area contributed by atoms with Crippen LogP contribution < -0.4 is 10.1 Å². The third-order valence-electron chi connectivity index (χ3n) is 4.28. The van der Waals surface area contributed by atoms with Crippen LogP contribution in [0.25, 0.3) is 0 Å². The number of fused-ring (bicyclic) bond motifs is 1. The van der Waals surface area contributed by atoms with Crippen LogP contribution in [0.3, 0.4) is 0 Å². The number of amides is 1. The minimum absolute atomic E-state index is 0.176. The topological polar surface area (TPSA) is 64.1 Å². The molecular formula is C21H18ClN3O2S. The summed E-state index contributed by atoms with van der Waals surface area (Å²) in [5, 5.41) is 4.26. The molecule has 0 spiro atoms. The molecule has 0 bridgehead atoms. The largest absolute Gasteiger partial charge is 0.480 e. The van der Waals surface area contributed by atoms with Crippen LogP contribution in [0.5, 0.6) is 5.75 Å². The second-order valence-corrected chi connectivity index (χ2v) is 8.09. The zero-order valence-corrected chi connectivity index (χ0v) is 17.0. The van der Waals surface area contributed by atoms with E-state index in [1.54, 1.807) is 12.1 Å². The van der Waals surface area contributed by atoms with E-state index >= 15 is 0 Å². The Morgan fingerprint density at radius 3 is 2.54 bits per heavy atom. The van der Waals surface area contributed by atoms with E-state index < -0.39 is 6.10 Å². The number of carbonyl (C=O) groups excluding carboxylic acids is 1. The highest BCUT2D eigenvalue weighted by Crippen LogP contribution is 2.32. The molecule has 0 saturated carbocycles. The zero-order valence-electron chi connectivity index (χ0n) is 15.4. The number of nitrogens with zero attached hydrogens (tertiary/aromatic N) is 2. The number of ether oxygens (including phenoxy) is 1. The first-order valence-corrected chi connectivity index (χ1v) is 10.0. The van der Waals surface area contributed by atoms with Gasteiger partial charge in [-0.1, -0.05) is 11.6 Å². The third kappa shape index (κ3) is 4.29. The molecule has 0 fully saturated rings. The van der Waals surface area contributed by atoms with Crippen molar-refractivity contribution in [2.45, 2.75) is 36.4 Å². The minimum Gasteiger partial charge on any atom is -0.480 e. The second kappa shape index (κ2) is 7.81. The van der Waals surface area contributed by atoms with E-state index in [4.69, 9.17) is 16.3 Å². The highest BCUT2D eigenvalue weighted by molar-refractivity contribution is 7.99. The average Bonchev–Trinajstić information content (AvgIpc) is 3.06. The minimum atomic E-state index is -0.550. The molecule has 28 heavy (non-hydrogen) atoms. The lowest BCUT2D eigenvalue weighted by atomic mass is 10.1. The number of carbonyl (C=O) groups is 1. The summed E-state index contributed by atoms with van der Waals surface area (Å²) in [6.45, 7) is 3.91. The Bertz CT molecular complexity index is 1020. The van der Waals surface area contributed by atoms with Crippen molar-refractivity contribution in [2.75, 3.05) is 5.32 Å². The van der Waals surface area contributed by atoms with Gasteiger partial charge in [-0.25, -0.2) is 9.97 Å². The lowest BCUT2D eigenvalue weighted by molar-refractivity contribution is -0.122. The van der Waals surface area contributed by atoms with Gasteiger partial charge in [0.05, 0.1) is 0 Å². The first-order chi connectivity index (χ1) is 13.5. The molecule has 0 radical (unpaired) electrons. The van der Waals surface area contributed by atoms with Gasteiger partial charge in [-0.15, -0.1) is 0 Å². The van der Waals surface area contributed by atoms with Crippen LogP contribution in [0.4, 0.5) is 5.69 Å². The number of aryl methyl sites for hydroxylation is 2. The van der Waals surface area contributed by atoms with E-state index in [1.807, 2.05) is 50.2 Å². The van der Waals surface area contributed by atoms with E-state index in [1.165, 1.54) is 11.8 Å². The van der Waals surface area contributed by atoms with Gasteiger partial charge in [0.25, 0.3) is 5.91 Å². The number of halogens is 1. The van der Waals surface area contributed by atoms with Gasteiger partial charge in [0, 0.05) is 33.4 Å². The second-order valence-electron chi connectivity index (χ2n) is 6.61. The molecule has 7 heteroatoms. The highest BCUT2D eigenvalue weighted by atomic mass is 35.5. The van der Waals surface area contributed by atoms with Crippen LogP contribution in [-0.2, 0) is 11.2 Å². The van der Waals surface area contributed by atoms with E-state index in [0.29, 0.717) is 28.0 Å². The summed E-state index contributed by atoms with van der Waals surface area (Å²) in [6.07, 6.45) is -0.0362. The highest BCUT2D eigenvalue weighted by Gasteiger charge is 2.29. The van der Waals surface area contributed by atoms with Crippen LogP contribution in [0.15, 0.2) is 58.6 Å². The summed E-state index contributed by atoms with van der Waals surface area (Å²) in [6, 6.07) is 14.9. The maximum atomic E-state index is 12.5. The molecule has 1 aliphatic rings. The molecule has 5 nitrogen and oxygen atoms in total. The molecule has 0 unspecified atom stereocenters. The number of nitrogens with one attached hydrogen (secondary N) is 1. The van der Waals surface area contributed by atoms with Gasteiger partial charge in [-0.2, -0.15) is 0 Å². The van der Waals surface area contributed by atoms with E-state index in [9.17, 15) is 4.79 Å². The Labute approximate surface area is 172 Å². The number of benzene rings is 2. The van der Waals surface area contributed by atoms with E-state index in [0.717, 1.165) is 21.8 Å². The normalized spacial score (nSPS) is 15.0. The van der Waals surface area contributed by atoms with E-state index in [2.05, 4.69) is 15.3 Å². The summed E-state index contributed by atoms with van der Waals surface area (Å²) in [5.41, 5.74) is 3.55. The molecule has 1 N–H and O–H groups in total. The molecule has 142 valence electrons. The van der Waals surface area contributed by atoms with Gasteiger partial charge in [-0.05, 0) is 79.7 Å². The Kier molecular flexibility index (Phi) is 5.24. The Morgan fingerprint density at radius 2 is 1.82 bits per heavy atom. The number of aromatic nitrogens is 2. The van der Waals surface area contributed by atoms with Gasteiger partial charge >= 0.3 is 0 Å². The molecule has 0 saturated heterocycles. The molecule has 4 rings (SSSR count). The summed E-state index contributed by atoms with van der Waals surface area (Å²) in [4.78, 5) is 22.4. The van der Waals surface area contributed by atoms with Crippen LogP contribution >= 0.6 is 23.4 Å². The number of rotatable bonds is 4. The van der Waals surface area contributed by atoms with Gasteiger partial charge in [0.1, 0.15) is 5.75 Å². The standard InChI is InChI=1S/C21H18ClN3O2S/c1-12-9-13(2)24-21(23-12)28-17-6-4-16(5-7-17)25-20(26)19-11-14-10-15(22)3-8-18(14)27-19/h3-10,19H,11H2,1-2H3,(H,25,26)/t19-/m0/s1. The molecule has 1 aromatic heterocycles. The SMILES string of the molecule is Cc1cc(C)nc(Sc2ccc(NC(=O)[C@@H]3Cc4cc(Cl)ccc4O3)cc2)n1. The fourth-order valence-corrected chi connectivity index (χ4v) is 4.09. The van der Waals surface area contributed by atoms with Crippen LogP contribution in [0, 0.1) is 13.8 Å². The first-order valence-electron chi connectivity index (χ1n) is 8.82. The molecule has 1 aliphatic heterocycles. The smallest absolute Gasteiger partial charge is 0.265 e. The van der Waals surface area contributed by atoms with Gasteiger partial charge in [0.15, 0.2) is 11.3 Å². The van der Waals surface area contributed by atoms with E-state index in [-0.39, 0.29) is 5.91 Å². The number of hydrogen-bond donors (Lipinski definition) is 1. The van der Waals surface area contributed by atoms with Crippen molar-refractivity contribution in [3.8, 4) is 5.75 Å². The molecular weight excluding hydrogens is 394 g/mol. The molecule has 1 atom stereocenters. The molecule has 2 aromatic carbocycles. The average molecular weight is 412 g/mol. The predicted octanol–water partition coefficient (Wildman–Crippen LogP) is 4.84. The van der Waals surface area contributed by atoms with Gasteiger partial charge in [0.2, 0.25) is 0 Å². The summed E-state index contributed by atoms with van der Waals surface area (Å²) >= 11 is 7.49. The van der Waals surface area contributed by atoms with Crippen molar-refractivity contribution in [2.24, 2.45) is 0 Å². The zero-order chi connectivity index (χ0) is 19.7. The Hall–Kier alpha value is -2.57. The maximum absolute atomic E-state index is 12.5. The number of hydrogen-bond acceptors (Lipinski definition) is 5. The molecule has 0 aliphatic carbocycles. The van der Waals surface area contributed by atoms with Crippen molar-refractivity contribution in [3.05, 3.63) is 70.5 Å².